The molecule has 3 nitrogen and oxygen atoms in total. The molecule has 0 aromatic carbocycles. The minimum absolute atomic E-state index is 0.0181. The van der Waals surface area contributed by atoms with Gasteiger partial charge in [0, 0.05) is 18.3 Å². The van der Waals surface area contributed by atoms with E-state index in [0.717, 1.165) is 0 Å². The Morgan fingerprint density at radius 1 is 1.40 bits per heavy atom. The number of hydrogen-bond donors (Lipinski definition) is 1. The summed E-state index contributed by atoms with van der Waals surface area (Å²) >= 11 is 5.53. The normalized spacial score (nSPS) is 11.5. The largest absolute Gasteiger partial charge is 0.390 e. The number of nitrogens with zero attached hydrogens (tertiary/aromatic N) is 2. The summed E-state index contributed by atoms with van der Waals surface area (Å²) in [6, 6.07) is 1.53. The van der Waals surface area contributed by atoms with Gasteiger partial charge in [0.2, 0.25) is 5.28 Å². The van der Waals surface area contributed by atoms with Crippen LogP contribution >= 0.6 is 11.6 Å². The van der Waals surface area contributed by atoms with Crippen LogP contribution in [-0.4, -0.2) is 22.7 Å². The maximum absolute atomic E-state index is 11.8. The summed E-state index contributed by atoms with van der Waals surface area (Å²) in [6.07, 6.45) is -5.08. The molecule has 0 atom stereocenters. The Morgan fingerprint density at radius 3 is 2.60 bits per heavy atom. The molecular weight excluding hydrogens is 231 g/mol. The van der Waals surface area contributed by atoms with E-state index in [1.807, 2.05) is 0 Å². The SMILES string of the molecule is Cc1cc(NCCC(F)(F)F)nc(Cl)n1. The zero-order chi connectivity index (χ0) is 11.5. The minimum atomic E-state index is -4.17. The van der Waals surface area contributed by atoms with Crippen molar-refractivity contribution < 1.29 is 13.2 Å². The molecule has 0 spiro atoms. The van der Waals surface area contributed by atoms with Crippen molar-refractivity contribution in [2.45, 2.75) is 19.5 Å². The Morgan fingerprint density at radius 2 is 2.07 bits per heavy atom. The Kier molecular flexibility index (Phi) is 3.73. The highest BCUT2D eigenvalue weighted by atomic mass is 35.5. The molecule has 1 aromatic heterocycles. The van der Waals surface area contributed by atoms with Gasteiger partial charge < -0.3 is 5.32 Å². The monoisotopic (exact) mass is 239 g/mol. The first kappa shape index (κ1) is 12.0. The van der Waals surface area contributed by atoms with Gasteiger partial charge in [-0.25, -0.2) is 9.97 Å². The Bertz CT molecular complexity index is 320. The molecule has 0 aliphatic carbocycles. The van der Waals surface area contributed by atoms with Crippen molar-refractivity contribution in [3.05, 3.63) is 17.0 Å². The number of hydrogen-bond acceptors (Lipinski definition) is 3. The summed E-state index contributed by atoms with van der Waals surface area (Å²) in [5.41, 5.74) is 0.601. The number of nitrogens with one attached hydrogen (secondary N) is 1. The zero-order valence-electron chi connectivity index (χ0n) is 7.90. The lowest BCUT2D eigenvalue weighted by molar-refractivity contribution is -0.131. The molecule has 15 heavy (non-hydrogen) atoms. The zero-order valence-corrected chi connectivity index (χ0v) is 8.65. The smallest absolute Gasteiger partial charge is 0.370 e. The first-order valence-electron chi connectivity index (χ1n) is 4.18. The molecule has 84 valence electrons. The quantitative estimate of drug-likeness (QED) is 0.825. The third-order valence-corrected chi connectivity index (χ3v) is 1.71. The summed E-state index contributed by atoms with van der Waals surface area (Å²) in [7, 11) is 0. The summed E-state index contributed by atoms with van der Waals surface area (Å²) in [5.74, 6) is 0.303. The molecule has 1 heterocycles. The van der Waals surface area contributed by atoms with E-state index in [4.69, 9.17) is 11.6 Å². The van der Waals surface area contributed by atoms with Crippen molar-refractivity contribution in [1.29, 1.82) is 0 Å². The molecule has 1 N–H and O–H groups in total. The highest BCUT2D eigenvalue weighted by molar-refractivity contribution is 6.28. The Hall–Kier alpha value is -1.04. The number of alkyl halides is 3. The molecule has 0 aliphatic heterocycles. The standard InChI is InChI=1S/C8H9ClF3N3/c1-5-4-6(15-7(9)14-5)13-3-2-8(10,11)12/h4H,2-3H2,1H3,(H,13,14,15). The van der Waals surface area contributed by atoms with Crippen molar-refractivity contribution in [2.24, 2.45) is 0 Å². The number of anilines is 1. The van der Waals surface area contributed by atoms with Crippen LogP contribution in [0.15, 0.2) is 6.07 Å². The number of aryl methyl sites for hydroxylation is 1. The molecule has 0 amide bonds. The topological polar surface area (TPSA) is 37.8 Å². The lowest BCUT2D eigenvalue weighted by atomic mass is 10.4. The van der Waals surface area contributed by atoms with Gasteiger partial charge in [-0.15, -0.1) is 0 Å². The molecule has 0 aliphatic rings. The number of halogens is 4. The third kappa shape index (κ3) is 4.83. The van der Waals surface area contributed by atoms with Crippen molar-refractivity contribution >= 4 is 17.4 Å². The molecule has 0 saturated heterocycles. The Balaban J connectivity index is 2.51. The molecule has 7 heteroatoms. The van der Waals surface area contributed by atoms with Gasteiger partial charge in [0.15, 0.2) is 0 Å². The average molecular weight is 240 g/mol. The van der Waals surface area contributed by atoms with Gasteiger partial charge >= 0.3 is 6.18 Å². The molecule has 0 saturated carbocycles. The van der Waals surface area contributed by atoms with E-state index in [1.54, 1.807) is 6.92 Å². The lowest BCUT2D eigenvalue weighted by Gasteiger charge is -2.08. The second kappa shape index (κ2) is 4.65. The van der Waals surface area contributed by atoms with Crippen molar-refractivity contribution in [3.8, 4) is 0 Å². The van der Waals surface area contributed by atoms with E-state index in [-0.39, 0.29) is 11.8 Å². The average Bonchev–Trinajstić information content (AvgIpc) is 1.99. The van der Waals surface area contributed by atoms with Crippen molar-refractivity contribution in [2.75, 3.05) is 11.9 Å². The van der Waals surface area contributed by atoms with Crippen molar-refractivity contribution in [3.63, 3.8) is 0 Å². The maximum Gasteiger partial charge on any atom is 0.390 e. The molecule has 0 unspecified atom stereocenters. The second-order valence-electron chi connectivity index (χ2n) is 2.96. The predicted molar refractivity (Wildman–Crippen MR) is 50.9 cm³/mol. The fraction of sp³-hybridized carbons (Fsp3) is 0.500. The van der Waals surface area contributed by atoms with E-state index in [2.05, 4.69) is 15.3 Å². The van der Waals surface area contributed by atoms with Crippen LogP contribution in [0.1, 0.15) is 12.1 Å². The summed E-state index contributed by atoms with van der Waals surface area (Å²) < 4.78 is 35.5. The van der Waals surface area contributed by atoms with Crippen LogP contribution in [0.3, 0.4) is 0 Å². The molecular formula is C8H9ClF3N3. The predicted octanol–water partition coefficient (Wildman–Crippen LogP) is 2.80. The minimum Gasteiger partial charge on any atom is -0.370 e. The van der Waals surface area contributed by atoms with Gasteiger partial charge in [0.05, 0.1) is 6.42 Å². The van der Waals surface area contributed by atoms with Crippen LogP contribution in [0.5, 0.6) is 0 Å². The van der Waals surface area contributed by atoms with Crippen LogP contribution in [-0.2, 0) is 0 Å². The summed E-state index contributed by atoms with van der Waals surface area (Å²) in [5, 5.41) is 2.55. The fourth-order valence-electron chi connectivity index (χ4n) is 0.955. The number of aromatic nitrogens is 2. The van der Waals surface area contributed by atoms with Gasteiger partial charge in [0.1, 0.15) is 5.82 Å². The van der Waals surface area contributed by atoms with Gasteiger partial charge in [-0.1, -0.05) is 0 Å². The van der Waals surface area contributed by atoms with Crippen LogP contribution in [0.25, 0.3) is 0 Å². The van der Waals surface area contributed by atoms with E-state index >= 15 is 0 Å². The van der Waals surface area contributed by atoms with Gasteiger partial charge in [0.25, 0.3) is 0 Å². The van der Waals surface area contributed by atoms with Gasteiger partial charge in [-0.2, -0.15) is 13.2 Å². The summed E-state index contributed by atoms with van der Waals surface area (Å²) in [6.45, 7) is 1.46. The van der Waals surface area contributed by atoms with E-state index < -0.39 is 12.6 Å². The van der Waals surface area contributed by atoms with E-state index in [9.17, 15) is 13.2 Å². The highest BCUT2D eigenvalue weighted by Crippen LogP contribution is 2.19. The number of rotatable bonds is 3. The van der Waals surface area contributed by atoms with Crippen LogP contribution in [0.2, 0.25) is 5.28 Å². The van der Waals surface area contributed by atoms with Crippen LogP contribution in [0.4, 0.5) is 19.0 Å². The molecule has 0 fully saturated rings. The van der Waals surface area contributed by atoms with E-state index in [1.165, 1.54) is 6.07 Å². The fourth-order valence-corrected chi connectivity index (χ4v) is 1.18. The third-order valence-electron chi connectivity index (χ3n) is 1.54. The molecule has 0 radical (unpaired) electrons. The molecule has 1 rings (SSSR count). The first-order chi connectivity index (χ1) is 6.87. The Labute approximate surface area is 89.7 Å². The molecule has 0 bridgehead atoms. The highest BCUT2D eigenvalue weighted by Gasteiger charge is 2.26. The molecule has 1 aromatic rings. The van der Waals surface area contributed by atoms with Gasteiger partial charge in [-0.3, -0.25) is 0 Å². The van der Waals surface area contributed by atoms with Gasteiger partial charge in [-0.05, 0) is 18.5 Å². The first-order valence-corrected chi connectivity index (χ1v) is 4.56. The lowest BCUT2D eigenvalue weighted by Crippen LogP contribution is -2.15. The second-order valence-corrected chi connectivity index (χ2v) is 3.29. The summed E-state index contributed by atoms with van der Waals surface area (Å²) in [4.78, 5) is 7.51. The van der Waals surface area contributed by atoms with Crippen LogP contribution < -0.4 is 5.32 Å². The van der Waals surface area contributed by atoms with Crippen LogP contribution in [0, 0.1) is 6.92 Å². The maximum atomic E-state index is 11.8. The van der Waals surface area contributed by atoms with Crippen molar-refractivity contribution in [1.82, 2.24) is 9.97 Å². The van der Waals surface area contributed by atoms with E-state index in [0.29, 0.717) is 11.5 Å².